The highest BCUT2D eigenvalue weighted by atomic mass is 32.1. The number of hydrogen-bond donors (Lipinski definition) is 0. The molecule has 0 saturated carbocycles. The van der Waals surface area contributed by atoms with Crippen LogP contribution >= 0.6 is 11.3 Å². The molecular weight excluding hydrogens is 376 g/mol. The van der Waals surface area contributed by atoms with E-state index in [4.69, 9.17) is 4.74 Å². The number of ether oxygens (including phenoxy) is 1. The molecule has 0 spiro atoms. The lowest BCUT2D eigenvalue weighted by molar-refractivity contribution is 0.0650. The van der Waals surface area contributed by atoms with E-state index in [0.29, 0.717) is 27.4 Å². The number of nitrogens with zero attached hydrogens (tertiary/aromatic N) is 2. The smallest absolute Gasteiger partial charge is 0.269 e. The molecule has 3 amide bonds. The first-order chi connectivity index (χ1) is 13.6. The van der Waals surface area contributed by atoms with Crippen LogP contribution in [0.5, 0.6) is 5.75 Å². The second-order valence-corrected chi connectivity index (χ2v) is 7.06. The molecule has 0 bridgehead atoms. The molecule has 7 heteroatoms. The van der Waals surface area contributed by atoms with Gasteiger partial charge in [0.2, 0.25) is 0 Å². The van der Waals surface area contributed by atoms with Crippen molar-refractivity contribution < 1.29 is 19.1 Å². The maximum atomic E-state index is 13.2. The van der Waals surface area contributed by atoms with E-state index in [-0.39, 0.29) is 12.6 Å². The quantitative estimate of drug-likeness (QED) is 0.622. The lowest BCUT2D eigenvalue weighted by Gasteiger charge is -2.27. The molecule has 6 nitrogen and oxygen atoms in total. The van der Waals surface area contributed by atoms with Crippen LogP contribution in [-0.2, 0) is 0 Å². The number of carbonyl (C=O) groups excluding carboxylic acids is 3. The van der Waals surface area contributed by atoms with Crippen molar-refractivity contribution in [3.8, 4) is 5.75 Å². The summed E-state index contributed by atoms with van der Waals surface area (Å²) in [6.45, 7) is -0.205. The number of fused-ring (bicyclic) bond motifs is 1. The lowest BCUT2D eigenvalue weighted by atomic mass is 10.1. The second-order valence-electron chi connectivity index (χ2n) is 6.11. The Kier molecular flexibility index (Phi) is 4.67. The highest BCUT2D eigenvalue weighted by Gasteiger charge is 2.37. The lowest BCUT2D eigenvalue weighted by Crippen LogP contribution is -2.44. The molecule has 28 heavy (non-hydrogen) atoms. The molecule has 4 rings (SSSR count). The molecule has 0 saturated heterocycles. The number of hydrogen-bond acceptors (Lipinski definition) is 5. The Bertz CT molecular complexity index is 1030. The van der Waals surface area contributed by atoms with Gasteiger partial charge in [0.1, 0.15) is 12.4 Å². The van der Waals surface area contributed by atoms with Gasteiger partial charge in [0.05, 0.1) is 28.8 Å². The van der Waals surface area contributed by atoms with E-state index in [2.05, 4.69) is 0 Å². The maximum Gasteiger partial charge on any atom is 0.269 e. The van der Waals surface area contributed by atoms with Crippen LogP contribution in [0.3, 0.4) is 0 Å². The minimum absolute atomic E-state index is 0.205. The van der Waals surface area contributed by atoms with Crippen LogP contribution in [0.4, 0.5) is 5.69 Å². The number of rotatable bonds is 5. The van der Waals surface area contributed by atoms with Crippen LogP contribution in [0.25, 0.3) is 0 Å². The Balaban J connectivity index is 1.74. The fourth-order valence-corrected chi connectivity index (χ4v) is 3.82. The minimum atomic E-state index is -0.417. The maximum absolute atomic E-state index is 13.2. The predicted octanol–water partition coefficient (Wildman–Crippen LogP) is 3.66. The van der Waals surface area contributed by atoms with E-state index >= 15 is 0 Å². The number of amides is 3. The van der Waals surface area contributed by atoms with Crippen LogP contribution in [0.15, 0.2) is 66.0 Å². The van der Waals surface area contributed by atoms with Gasteiger partial charge in [-0.15, -0.1) is 11.3 Å². The molecule has 2 heterocycles. The average molecular weight is 392 g/mol. The van der Waals surface area contributed by atoms with Gasteiger partial charge in [-0.25, -0.2) is 0 Å². The standard InChI is InChI=1S/C21H16N2O4S/c1-27-17-10-5-4-9-16(17)22(21(26)18-11-6-12-28-18)13-23-19(24)14-7-2-3-8-15(14)20(23)25/h2-12H,13H2,1H3. The Morgan fingerprint density at radius 2 is 1.61 bits per heavy atom. The van der Waals surface area contributed by atoms with Crippen molar-refractivity contribution in [2.45, 2.75) is 0 Å². The number of benzene rings is 2. The third-order valence-electron chi connectivity index (χ3n) is 4.51. The summed E-state index contributed by atoms with van der Waals surface area (Å²) in [5.41, 5.74) is 1.17. The fraction of sp³-hybridized carbons (Fsp3) is 0.0952. The van der Waals surface area contributed by atoms with Crippen LogP contribution in [-0.4, -0.2) is 36.4 Å². The Labute approximate surface area is 165 Å². The summed E-state index contributed by atoms with van der Waals surface area (Å²) in [5, 5.41) is 1.80. The van der Waals surface area contributed by atoms with Gasteiger partial charge in [-0.3, -0.25) is 24.2 Å². The van der Waals surface area contributed by atoms with Crippen molar-refractivity contribution in [3.05, 3.63) is 82.0 Å². The largest absolute Gasteiger partial charge is 0.495 e. The Morgan fingerprint density at radius 3 is 2.21 bits per heavy atom. The molecule has 1 aromatic heterocycles. The van der Waals surface area contributed by atoms with Crippen LogP contribution in [0.1, 0.15) is 30.4 Å². The van der Waals surface area contributed by atoms with E-state index in [0.717, 1.165) is 4.90 Å². The monoisotopic (exact) mass is 392 g/mol. The summed E-state index contributed by atoms with van der Waals surface area (Å²) < 4.78 is 5.39. The van der Waals surface area contributed by atoms with E-state index < -0.39 is 11.8 Å². The van der Waals surface area contributed by atoms with Crippen molar-refractivity contribution in [1.82, 2.24) is 4.90 Å². The second kappa shape index (κ2) is 7.28. The molecule has 1 aliphatic heterocycles. The molecule has 0 radical (unpaired) electrons. The summed E-state index contributed by atoms with van der Waals surface area (Å²) in [7, 11) is 1.51. The molecular formula is C21H16N2O4S. The van der Waals surface area contributed by atoms with Gasteiger partial charge >= 0.3 is 0 Å². The van der Waals surface area contributed by atoms with Gasteiger partial charge in [0.15, 0.2) is 0 Å². The van der Waals surface area contributed by atoms with E-state index in [1.807, 2.05) is 0 Å². The molecule has 0 fully saturated rings. The molecule has 140 valence electrons. The number of thiophene rings is 1. The van der Waals surface area contributed by atoms with Gasteiger partial charge in [0.25, 0.3) is 17.7 Å². The van der Waals surface area contributed by atoms with Crippen molar-refractivity contribution in [3.63, 3.8) is 0 Å². The Hall–Kier alpha value is -3.45. The number of para-hydroxylation sites is 2. The van der Waals surface area contributed by atoms with Crippen molar-refractivity contribution in [1.29, 1.82) is 0 Å². The first-order valence-corrected chi connectivity index (χ1v) is 9.43. The fourth-order valence-electron chi connectivity index (χ4n) is 3.14. The topological polar surface area (TPSA) is 66.9 Å². The highest BCUT2D eigenvalue weighted by molar-refractivity contribution is 7.12. The first-order valence-electron chi connectivity index (χ1n) is 8.55. The average Bonchev–Trinajstić information content (AvgIpc) is 3.35. The Morgan fingerprint density at radius 1 is 0.964 bits per heavy atom. The van der Waals surface area contributed by atoms with Gasteiger partial charge in [-0.05, 0) is 35.7 Å². The van der Waals surface area contributed by atoms with Crippen LogP contribution < -0.4 is 9.64 Å². The number of anilines is 1. The molecule has 3 aromatic rings. The third-order valence-corrected chi connectivity index (χ3v) is 5.37. The molecule has 0 N–H and O–H groups in total. The summed E-state index contributed by atoms with van der Waals surface area (Å²) in [6.07, 6.45) is 0. The summed E-state index contributed by atoms with van der Waals surface area (Å²) in [6, 6.07) is 17.2. The van der Waals surface area contributed by atoms with E-state index in [1.165, 1.54) is 23.3 Å². The highest BCUT2D eigenvalue weighted by Crippen LogP contribution is 2.31. The minimum Gasteiger partial charge on any atom is -0.495 e. The van der Waals surface area contributed by atoms with Crippen LogP contribution in [0.2, 0.25) is 0 Å². The SMILES string of the molecule is COc1ccccc1N(CN1C(=O)c2ccccc2C1=O)C(=O)c1cccs1. The predicted molar refractivity (Wildman–Crippen MR) is 106 cm³/mol. The number of carbonyl (C=O) groups is 3. The van der Waals surface area contributed by atoms with Gasteiger partial charge < -0.3 is 4.74 Å². The van der Waals surface area contributed by atoms with E-state index in [9.17, 15) is 14.4 Å². The molecule has 2 aromatic carbocycles. The number of imide groups is 1. The molecule has 0 unspecified atom stereocenters. The molecule has 0 atom stereocenters. The molecule has 0 aliphatic carbocycles. The van der Waals surface area contributed by atoms with Crippen molar-refractivity contribution in [2.75, 3.05) is 18.7 Å². The normalized spacial score (nSPS) is 12.8. The van der Waals surface area contributed by atoms with Crippen molar-refractivity contribution >= 4 is 34.7 Å². The van der Waals surface area contributed by atoms with Crippen LogP contribution in [0, 0.1) is 0 Å². The third kappa shape index (κ3) is 2.95. The van der Waals surface area contributed by atoms with Gasteiger partial charge in [-0.2, -0.15) is 0 Å². The zero-order valence-electron chi connectivity index (χ0n) is 15.0. The van der Waals surface area contributed by atoms with Gasteiger partial charge in [0, 0.05) is 0 Å². The molecule has 1 aliphatic rings. The summed E-state index contributed by atoms with van der Waals surface area (Å²) in [5.74, 6) is -0.668. The summed E-state index contributed by atoms with van der Waals surface area (Å²) in [4.78, 5) is 41.7. The zero-order chi connectivity index (χ0) is 19.7. The number of methoxy groups -OCH3 is 1. The van der Waals surface area contributed by atoms with Crippen molar-refractivity contribution in [2.24, 2.45) is 0 Å². The summed E-state index contributed by atoms with van der Waals surface area (Å²) >= 11 is 1.29. The van der Waals surface area contributed by atoms with Gasteiger partial charge in [-0.1, -0.05) is 30.3 Å². The first kappa shape index (κ1) is 17.9. The van der Waals surface area contributed by atoms with E-state index in [1.54, 1.807) is 66.0 Å². The zero-order valence-corrected chi connectivity index (χ0v) is 15.8.